The first-order valence-corrected chi connectivity index (χ1v) is 15.1. The van der Waals surface area contributed by atoms with Crippen LogP contribution in [-0.4, -0.2) is 0 Å². The molecule has 0 amide bonds. The van der Waals surface area contributed by atoms with E-state index in [9.17, 15) is 0 Å². The highest BCUT2D eigenvalue weighted by molar-refractivity contribution is 7.26. The average Bonchev–Trinajstić information content (AvgIpc) is 3.45. The summed E-state index contributed by atoms with van der Waals surface area (Å²) >= 11 is 1.88. The third-order valence-corrected chi connectivity index (χ3v) is 9.28. The van der Waals surface area contributed by atoms with Gasteiger partial charge in [-0.3, -0.25) is 0 Å². The molecular weight excluding hydrogens is 527 g/mol. The maximum Gasteiger partial charge on any atom is 0.0540 e. The second kappa shape index (κ2) is 10.3. The van der Waals surface area contributed by atoms with Crippen molar-refractivity contribution in [2.75, 3.05) is 4.90 Å². The van der Waals surface area contributed by atoms with Crippen molar-refractivity contribution in [3.63, 3.8) is 0 Å². The van der Waals surface area contributed by atoms with Gasteiger partial charge < -0.3 is 4.90 Å². The highest BCUT2D eigenvalue weighted by atomic mass is 32.1. The summed E-state index contributed by atoms with van der Waals surface area (Å²) in [5, 5.41) is 5.15. The number of hydrogen-bond donors (Lipinski definition) is 0. The molecule has 0 aliphatic rings. The first kappa shape index (κ1) is 24.6. The fraction of sp³-hybridized carbons (Fsp3) is 0. The molecule has 1 aromatic heterocycles. The third-order valence-electron chi connectivity index (χ3n) is 8.06. The van der Waals surface area contributed by atoms with Gasteiger partial charge in [-0.1, -0.05) is 127 Å². The molecule has 0 unspecified atom stereocenters. The smallest absolute Gasteiger partial charge is 0.0540 e. The topological polar surface area (TPSA) is 3.24 Å². The second-order valence-electron chi connectivity index (χ2n) is 10.5. The second-order valence-corrected chi connectivity index (χ2v) is 11.6. The molecule has 0 aliphatic heterocycles. The van der Waals surface area contributed by atoms with Crippen LogP contribution in [0.1, 0.15) is 0 Å². The van der Waals surface area contributed by atoms with E-state index in [0.717, 1.165) is 17.1 Å². The lowest BCUT2D eigenvalue weighted by Gasteiger charge is -2.28. The van der Waals surface area contributed by atoms with E-state index in [0.29, 0.717) is 0 Å². The van der Waals surface area contributed by atoms with E-state index in [1.165, 1.54) is 53.2 Å². The molecule has 0 saturated carbocycles. The predicted molar refractivity (Wildman–Crippen MR) is 182 cm³/mol. The Morgan fingerprint density at radius 3 is 1.95 bits per heavy atom. The maximum absolute atomic E-state index is 2.40. The molecule has 0 saturated heterocycles. The lowest BCUT2D eigenvalue weighted by Crippen LogP contribution is -2.11. The van der Waals surface area contributed by atoms with Gasteiger partial charge in [0, 0.05) is 42.7 Å². The van der Waals surface area contributed by atoms with Gasteiger partial charge in [-0.05, 0) is 58.3 Å². The number of thiophene rings is 1. The van der Waals surface area contributed by atoms with Crippen molar-refractivity contribution < 1.29 is 0 Å². The lowest BCUT2D eigenvalue weighted by molar-refractivity contribution is 1.28. The molecule has 7 aromatic carbocycles. The summed E-state index contributed by atoms with van der Waals surface area (Å²) in [6, 6.07) is 59.1. The van der Waals surface area contributed by atoms with E-state index in [-0.39, 0.29) is 0 Å². The van der Waals surface area contributed by atoms with E-state index < -0.39 is 0 Å². The fourth-order valence-electron chi connectivity index (χ4n) is 6.15. The Balaban J connectivity index is 1.35. The van der Waals surface area contributed by atoms with Crippen LogP contribution < -0.4 is 4.90 Å². The zero-order valence-corrected chi connectivity index (χ0v) is 23.8. The standard InChI is InChI=1S/C40H27NS/c1-2-16-30(17-3-1)41(31-18-10-15-29(27-31)33-22-11-14-28-13-4-5-19-32(28)33)38-25-8-6-20-34(38)36-23-12-24-37-35-21-7-9-26-39(35)42-40(36)37/h1-27H. The number of hydrogen-bond acceptors (Lipinski definition) is 2. The molecule has 0 aliphatic carbocycles. The summed E-state index contributed by atoms with van der Waals surface area (Å²) in [7, 11) is 0. The molecule has 8 aromatic rings. The number of benzene rings is 7. The number of fused-ring (bicyclic) bond motifs is 4. The van der Waals surface area contributed by atoms with E-state index in [1.54, 1.807) is 0 Å². The molecule has 42 heavy (non-hydrogen) atoms. The Kier molecular flexibility index (Phi) is 6.05. The number of anilines is 3. The molecule has 2 heteroatoms. The van der Waals surface area contributed by atoms with Gasteiger partial charge in [0.2, 0.25) is 0 Å². The molecule has 0 bridgehead atoms. The fourth-order valence-corrected chi connectivity index (χ4v) is 7.38. The van der Waals surface area contributed by atoms with Gasteiger partial charge in [-0.2, -0.15) is 0 Å². The number of nitrogens with zero attached hydrogens (tertiary/aromatic N) is 1. The SMILES string of the molecule is c1ccc(N(c2cccc(-c3cccc4ccccc34)c2)c2ccccc2-c2cccc3c2sc2ccccc23)cc1. The monoisotopic (exact) mass is 553 g/mol. The average molecular weight is 554 g/mol. The van der Waals surface area contributed by atoms with Gasteiger partial charge in [0.1, 0.15) is 0 Å². The Morgan fingerprint density at radius 2 is 1.02 bits per heavy atom. The van der Waals surface area contributed by atoms with E-state index in [1.807, 2.05) is 11.3 Å². The van der Waals surface area contributed by atoms with Gasteiger partial charge in [-0.25, -0.2) is 0 Å². The van der Waals surface area contributed by atoms with Crippen LogP contribution in [0.15, 0.2) is 164 Å². The third kappa shape index (κ3) is 4.16. The Morgan fingerprint density at radius 1 is 0.405 bits per heavy atom. The van der Waals surface area contributed by atoms with Crippen LogP contribution in [0.25, 0.3) is 53.2 Å². The summed E-state index contributed by atoms with van der Waals surface area (Å²) in [5.41, 5.74) is 8.33. The molecule has 0 atom stereocenters. The van der Waals surface area contributed by atoms with Crippen molar-refractivity contribution >= 4 is 59.3 Å². The van der Waals surface area contributed by atoms with E-state index in [4.69, 9.17) is 0 Å². The molecule has 0 radical (unpaired) electrons. The molecule has 0 spiro atoms. The van der Waals surface area contributed by atoms with Gasteiger partial charge in [0.25, 0.3) is 0 Å². The van der Waals surface area contributed by atoms with Crippen LogP contribution in [0.2, 0.25) is 0 Å². The van der Waals surface area contributed by atoms with E-state index in [2.05, 4.69) is 169 Å². The van der Waals surface area contributed by atoms with Crippen LogP contribution in [-0.2, 0) is 0 Å². The van der Waals surface area contributed by atoms with Crippen molar-refractivity contribution in [1.82, 2.24) is 0 Å². The van der Waals surface area contributed by atoms with Crippen LogP contribution in [0, 0.1) is 0 Å². The van der Waals surface area contributed by atoms with Crippen molar-refractivity contribution in [1.29, 1.82) is 0 Å². The van der Waals surface area contributed by atoms with Crippen LogP contribution in [0.3, 0.4) is 0 Å². The minimum Gasteiger partial charge on any atom is -0.310 e. The molecule has 198 valence electrons. The number of para-hydroxylation sites is 2. The maximum atomic E-state index is 2.40. The zero-order valence-electron chi connectivity index (χ0n) is 22.9. The number of rotatable bonds is 5. The van der Waals surface area contributed by atoms with Crippen molar-refractivity contribution in [2.45, 2.75) is 0 Å². The predicted octanol–water partition coefficient (Wildman–Crippen LogP) is 12.0. The molecule has 0 fully saturated rings. The summed E-state index contributed by atoms with van der Waals surface area (Å²) in [5.74, 6) is 0. The van der Waals surface area contributed by atoms with Gasteiger partial charge in [0.15, 0.2) is 0 Å². The van der Waals surface area contributed by atoms with Crippen molar-refractivity contribution in [3.8, 4) is 22.3 Å². The Hall–Kier alpha value is -5.18. The summed E-state index contributed by atoms with van der Waals surface area (Å²) in [4.78, 5) is 2.40. The minimum absolute atomic E-state index is 1.13. The summed E-state index contributed by atoms with van der Waals surface area (Å²) in [6.07, 6.45) is 0. The molecule has 1 nitrogen and oxygen atoms in total. The van der Waals surface area contributed by atoms with Crippen molar-refractivity contribution in [3.05, 3.63) is 164 Å². The first-order valence-electron chi connectivity index (χ1n) is 14.3. The Labute approximate surface area is 249 Å². The Bertz CT molecular complexity index is 2200. The minimum atomic E-state index is 1.13. The highest BCUT2D eigenvalue weighted by Crippen LogP contribution is 2.46. The van der Waals surface area contributed by atoms with Gasteiger partial charge in [-0.15, -0.1) is 11.3 Å². The van der Waals surface area contributed by atoms with Gasteiger partial charge >= 0.3 is 0 Å². The molecule has 1 heterocycles. The highest BCUT2D eigenvalue weighted by Gasteiger charge is 2.19. The van der Waals surface area contributed by atoms with Gasteiger partial charge in [0.05, 0.1) is 5.69 Å². The zero-order chi connectivity index (χ0) is 27.9. The van der Waals surface area contributed by atoms with Crippen LogP contribution in [0.4, 0.5) is 17.1 Å². The summed E-state index contributed by atoms with van der Waals surface area (Å²) in [6.45, 7) is 0. The summed E-state index contributed by atoms with van der Waals surface area (Å²) < 4.78 is 2.64. The lowest BCUT2D eigenvalue weighted by atomic mass is 9.97. The first-order chi connectivity index (χ1) is 20.8. The largest absolute Gasteiger partial charge is 0.310 e. The van der Waals surface area contributed by atoms with Crippen LogP contribution >= 0.6 is 11.3 Å². The molecule has 8 rings (SSSR count). The quantitative estimate of drug-likeness (QED) is 0.205. The van der Waals surface area contributed by atoms with Crippen LogP contribution in [0.5, 0.6) is 0 Å². The van der Waals surface area contributed by atoms with Crippen molar-refractivity contribution in [2.24, 2.45) is 0 Å². The van der Waals surface area contributed by atoms with E-state index >= 15 is 0 Å². The molecule has 0 N–H and O–H groups in total. The normalized spacial score (nSPS) is 11.3. The molecular formula is C40H27NS.